The van der Waals surface area contributed by atoms with E-state index in [-0.39, 0.29) is 12.1 Å². The Morgan fingerprint density at radius 3 is 2.52 bits per heavy atom. The first-order chi connectivity index (χ1) is 19.3. The summed E-state index contributed by atoms with van der Waals surface area (Å²) in [6.07, 6.45) is 3.17. The third-order valence-electron chi connectivity index (χ3n) is 7.03. The molecule has 1 saturated heterocycles. The van der Waals surface area contributed by atoms with E-state index in [1.54, 1.807) is 49.9 Å². The SMILES string of the molecule is C=CCn1c(=O)c2cnc(Nc3ccc(N4CCN(CCOC)CC4)cc3)nc2n1-c1cccc(C(C)(C)O)n1. The molecule has 0 atom stereocenters. The standard InChI is InChI=1S/C29H36N8O3/c1-5-13-36-27(38)23-20-30-28(33-26(23)37(36)25-8-6-7-24(32-25)29(2,3)39)31-21-9-11-22(12-10-21)35-16-14-34(15-17-35)18-19-40-4/h5-12,20,39H,1,13-19H2,2-4H3,(H,30,31,33). The van der Waals surface area contributed by atoms with Crippen LogP contribution < -0.4 is 15.8 Å². The number of aliphatic hydroxyl groups is 1. The number of methoxy groups -OCH3 is 1. The summed E-state index contributed by atoms with van der Waals surface area (Å²) < 4.78 is 8.36. The number of piperazine rings is 1. The third kappa shape index (κ3) is 5.76. The maximum absolute atomic E-state index is 13.2. The zero-order chi connectivity index (χ0) is 28.3. The van der Waals surface area contributed by atoms with E-state index >= 15 is 0 Å². The highest BCUT2D eigenvalue weighted by atomic mass is 16.5. The number of hydrogen-bond acceptors (Lipinski definition) is 9. The number of benzene rings is 1. The van der Waals surface area contributed by atoms with Gasteiger partial charge >= 0.3 is 0 Å². The van der Waals surface area contributed by atoms with Crippen LogP contribution in [0.1, 0.15) is 19.5 Å². The number of ether oxygens (including phenoxy) is 1. The van der Waals surface area contributed by atoms with E-state index in [2.05, 4.69) is 43.8 Å². The van der Waals surface area contributed by atoms with E-state index in [0.717, 1.165) is 45.0 Å². The number of nitrogens with one attached hydrogen (secondary N) is 1. The fourth-order valence-electron chi connectivity index (χ4n) is 4.83. The van der Waals surface area contributed by atoms with Gasteiger partial charge in [-0.3, -0.25) is 9.69 Å². The molecule has 11 heteroatoms. The summed E-state index contributed by atoms with van der Waals surface area (Å²) >= 11 is 0. The van der Waals surface area contributed by atoms with Crippen molar-refractivity contribution in [2.75, 3.05) is 56.7 Å². The van der Waals surface area contributed by atoms with Crippen molar-refractivity contribution in [2.24, 2.45) is 0 Å². The van der Waals surface area contributed by atoms with Crippen LogP contribution in [0.3, 0.4) is 0 Å². The van der Waals surface area contributed by atoms with Gasteiger partial charge in [0.2, 0.25) is 5.95 Å². The average Bonchev–Trinajstić information content (AvgIpc) is 3.23. The van der Waals surface area contributed by atoms with Crippen molar-refractivity contribution in [3.63, 3.8) is 0 Å². The molecule has 210 valence electrons. The lowest BCUT2D eigenvalue weighted by Crippen LogP contribution is -2.47. The van der Waals surface area contributed by atoms with E-state index in [4.69, 9.17) is 9.72 Å². The molecule has 0 saturated carbocycles. The third-order valence-corrected chi connectivity index (χ3v) is 7.03. The molecule has 1 aliphatic heterocycles. The summed E-state index contributed by atoms with van der Waals surface area (Å²) in [5.74, 6) is 0.819. The number of anilines is 3. The van der Waals surface area contributed by atoms with Crippen molar-refractivity contribution >= 4 is 28.4 Å². The van der Waals surface area contributed by atoms with Crippen molar-refractivity contribution in [2.45, 2.75) is 26.0 Å². The van der Waals surface area contributed by atoms with E-state index in [9.17, 15) is 9.90 Å². The smallest absolute Gasteiger partial charge is 0.278 e. The van der Waals surface area contributed by atoms with Crippen LogP contribution in [-0.4, -0.2) is 80.8 Å². The lowest BCUT2D eigenvalue weighted by atomic mass is 10.1. The van der Waals surface area contributed by atoms with Gasteiger partial charge in [0.15, 0.2) is 11.5 Å². The predicted octanol–water partition coefficient (Wildman–Crippen LogP) is 2.90. The quantitative estimate of drug-likeness (QED) is 0.291. The summed E-state index contributed by atoms with van der Waals surface area (Å²) in [7, 11) is 1.74. The summed E-state index contributed by atoms with van der Waals surface area (Å²) in [6, 6.07) is 13.5. The highest BCUT2D eigenvalue weighted by Crippen LogP contribution is 2.24. The number of rotatable bonds is 10. The van der Waals surface area contributed by atoms with E-state index in [1.165, 1.54) is 16.6 Å². The highest BCUT2D eigenvalue weighted by Gasteiger charge is 2.22. The molecule has 1 fully saturated rings. The molecule has 11 nitrogen and oxygen atoms in total. The molecule has 1 aromatic carbocycles. The van der Waals surface area contributed by atoms with Gasteiger partial charge in [-0.15, -0.1) is 6.58 Å². The van der Waals surface area contributed by atoms with Gasteiger partial charge in [-0.2, -0.15) is 4.98 Å². The van der Waals surface area contributed by atoms with Crippen LogP contribution in [0.5, 0.6) is 0 Å². The predicted molar refractivity (Wildman–Crippen MR) is 157 cm³/mol. The van der Waals surface area contributed by atoms with Crippen LogP contribution in [0, 0.1) is 0 Å². The Bertz CT molecular complexity index is 1530. The number of fused-ring (bicyclic) bond motifs is 1. The topological polar surface area (TPSA) is 114 Å². The molecule has 0 bridgehead atoms. The number of pyridine rings is 1. The van der Waals surface area contributed by atoms with Crippen molar-refractivity contribution in [3.05, 3.63) is 77.4 Å². The van der Waals surface area contributed by atoms with Gasteiger partial charge in [0, 0.05) is 57.4 Å². The van der Waals surface area contributed by atoms with Crippen LogP contribution in [0.15, 0.2) is 66.1 Å². The van der Waals surface area contributed by atoms with Gasteiger partial charge in [0.1, 0.15) is 11.0 Å². The second-order valence-electron chi connectivity index (χ2n) is 10.4. The largest absolute Gasteiger partial charge is 0.384 e. The Hall–Kier alpha value is -4.06. The Balaban J connectivity index is 1.40. The number of nitrogens with zero attached hydrogens (tertiary/aromatic N) is 7. The van der Waals surface area contributed by atoms with E-state index in [1.807, 2.05) is 12.1 Å². The molecule has 5 rings (SSSR count). The molecular formula is C29H36N8O3. The molecule has 4 aromatic rings. The molecule has 4 heterocycles. The van der Waals surface area contributed by atoms with Gasteiger partial charge in [-0.1, -0.05) is 12.1 Å². The molecule has 1 aliphatic rings. The van der Waals surface area contributed by atoms with Gasteiger partial charge in [0.05, 0.1) is 18.8 Å². The van der Waals surface area contributed by atoms with Crippen molar-refractivity contribution in [1.82, 2.24) is 29.2 Å². The monoisotopic (exact) mass is 544 g/mol. The molecule has 0 unspecified atom stereocenters. The Kier molecular flexibility index (Phi) is 7.97. The lowest BCUT2D eigenvalue weighted by Gasteiger charge is -2.36. The van der Waals surface area contributed by atoms with Crippen LogP contribution in [0.2, 0.25) is 0 Å². The molecule has 40 heavy (non-hydrogen) atoms. The summed E-state index contributed by atoms with van der Waals surface area (Å²) in [5, 5.41) is 14.1. The molecule has 0 aliphatic carbocycles. The first-order valence-electron chi connectivity index (χ1n) is 13.4. The first kappa shape index (κ1) is 27.5. The van der Waals surface area contributed by atoms with E-state index in [0.29, 0.717) is 28.5 Å². The van der Waals surface area contributed by atoms with Crippen LogP contribution in [0.25, 0.3) is 16.9 Å². The fourth-order valence-corrected chi connectivity index (χ4v) is 4.83. The fraction of sp³-hybridized carbons (Fsp3) is 0.379. The molecular weight excluding hydrogens is 508 g/mol. The summed E-state index contributed by atoms with van der Waals surface area (Å²) in [6.45, 7) is 13.1. The maximum Gasteiger partial charge on any atom is 0.278 e. The normalized spacial score (nSPS) is 14.6. The van der Waals surface area contributed by atoms with Crippen LogP contribution in [-0.2, 0) is 16.9 Å². The molecule has 0 radical (unpaired) electrons. The summed E-state index contributed by atoms with van der Waals surface area (Å²) in [4.78, 5) is 31.8. The zero-order valence-corrected chi connectivity index (χ0v) is 23.2. The van der Waals surface area contributed by atoms with Crippen molar-refractivity contribution in [3.8, 4) is 5.82 Å². The van der Waals surface area contributed by atoms with Gasteiger partial charge < -0.3 is 20.1 Å². The molecule has 0 amide bonds. The second-order valence-corrected chi connectivity index (χ2v) is 10.4. The second kappa shape index (κ2) is 11.6. The van der Waals surface area contributed by atoms with Gasteiger partial charge in [-0.05, 0) is 50.2 Å². The van der Waals surface area contributed by atoms with Crippen molar-refractivity contribution < 1.29 is 9.84 Å². The number of hydrogen-bond donors (Lipinski definition) is 2. The zero-order valence-electron chi connectivity index (χ0n) is 23.2. The minimum Gasteiger partial charge on any atom is -0.384 e. The van der Waals surface area contributed by atoms with E-state index < -0.39 is 5.60 Å². The maximum atomic E-state index is 13.2. The minimum absolute atomic E-state index is 0.247. The number of aromatic nitrogens is 5. The number of allylic oxidation sites excluding steroid dienone is 1. The molecule has 2 N–H and O–H groups in total. The Morgan fingerprint density at radius 1 is 1.10 bits per heavy atom. The first-order valence-corrected chi connectivity index (χ1v) is 13.4. The van der Waals surface area contributed by atoms with Crippen LogP contribution in [0.4, 0.5) is 17.3 Å². The van der Waals surface area contributed by atoms with Gasteiger partial charge in [-0.25, -0.2) is 19.3 Å². The Morgan fingerprint density at radius 2 is 1.85 bits per heavy atom. The lowest BCUT2D eigenvalue weighted by molar-refractivity contribution is 0.0738. The minimum atomic E-state index is -1.14. The van der Waals surface area contributed by atoms with Crippen LogP contribution >= 0.6 is 0 Å². The highest BCUT2D eigenvalue weighted by molar-refractivity contribution is 5.77. The van der Waals surface area contributed by atoms with Crippen molar-refractivity contribution in [1.29, 1.82) is 0 Å². The average molecular weight is 545 g/mol. The molecule has 3 aromatic heterocycles. The summed E-state index contributed by atoms with van der Waals surface area (Å²) in [5.41, 5.74) is 1.50. The Labute approximate surface area is 233 Å². The van der Waals surface area contributed by atoms with Gasteiger partial charge in [0.25, 0.3) is 5.56 Å². The molecule has 0 spiro atoms.